The molecule has 0 aromatic heterocycles. The number of halogens is 2. The van der Waals surface area contributed by atoms with Gasteiger partial charge in [-0.05, 0) is 30.3 Å². The normalized spacial score (nSPS) is 11.5. The van der Waals surface area contributed by atoms with Crippen LogP contribution in [0.5, 0.6) is 0 Å². The van der Waals surface area contributed by atoms with E-state index in [1.807, 2.05) is 0 Å². The fourth-order valence-electron chi connectivity index (χ4n) is 2.00. The molecule has 2 aromatic rings. The molecule has 1 N–H and O–H groups in total. The van der Waals surface area contributed by atoms with Gasteiger partial charge in [-0.15, -0.1) is 0 Å². The number of nitrogens with zero attached hydrogens (tertiary/aromatic N) is 1. The van der Waals surface area contributed by atoms with E-state index in [2.05, 4.69) is 5.32 Å². The van der Waals surface area contributed by atoms with Gasteiger partial charge in [0.1, 0.15) is 5.82 Å². The van der Waals surface area contributed by atoms with Gasteiger partial charge in [0.15, 0.2) is 0 Å². The van der Waals surface area contributed by atoms with Crippen LogP contribution in [0.1, 0.15) is 5.56 Å². The summed E-state index contributed by atoms with van der Waals surface area (Å²) in [7, 11) is -3.69. The van der Waals surface area contributed by atoms with Crippen LogP contribution >= 0.6 is 11.6 Å². The van der Waals surface area contributed by atoms with Gasteiger partial charge in [-0.2, -0.15) is 4.31 Å². The summed E-state index contributed by atoms with van der Waals surface area (Å²) in [5, 5.41) is 3.09. The molecule has 0 radical (unpaired) electrons. The molecule has 0 atom stereocenters. The molecule has 8 heteroatoms. The number of rotatable bonds is 6. The highest BCUT2D eigenvalue weighted by Crippen LogP contribution is 2.15. The van der Waals surface area contributed by atoms with Crippen molar-refractivity contribution in [3.63, 3.8) is 0 Å². The van der Waals surface area contributed by atoms with Gasteiger partial charge >= 0.3 is 0 Å². The zero-order chi connectivity index (χ0) is 17.7. The molecule has 0 saturated carbocycles. The first-order valence-corrected chi connectivity index (χ1v) is 9.22. The molecule has 5 nitrogen and oxygen atoms in total. The van der Waals surface area contributed by atoms with Crippen LogP contribution in [0.4, 0.5) is 10.1 Å². The molecule has 2 aromatic carbocycles. The Kier molecular flexibility index (Phi) is 5.93. The van der Waals surface area contributed by atoms with Crippen molar-refractivity contribution < 1.29 is 17.6 Å². The molecule has 128 valence electrons. The first-order chi connectivity index (χ1) is 11.3. The number of nitrogens with one attached hydrogen (secondary N) is 1. The molecule has 0 saturated heterocycles. The average molecular weight is 371 g/mol. The topological polar surface area (TPSA) is 66.5 Å². The van der Waals surface area contributed by atoms with Gasteiger partial charge in [0.25, 0.3) is 0 Å². The number of carbonyl (C=O) groups excluding carboxylic acids is 1. The van der Waals surface area contributed by atoms with Crippen LogP contribution < -0.4 is 5.32 Å². The van der Waals surface area contributed by atoms with E-state index in [4.69, 9.17) is 11.6 Å². The van der Waals surface area contributed by atoms with E-state index >= 15 is 0 Å². The first kappa shape index (κ1) is 18.4. The van der Waals surface area contributed by atoms with Gasteiger partial charge in [0.05, 0.1) is 12.8 Å². The molecule has 2 rings (SSSR count). The zero-order valence-electron chi connectivity index (χ0n) is 12.9. The molecule has 0 aliphatic rings. The van der Waals surface area contributed by atoms with Crippen molar-refractivity contribution >= 4 is 33.2 Å². The molecule has 0 heterocycles. The maximum atomic E-state index is 13.7. The lowest BCUT2D eigenvalue weighted by atomic mass is 10.2. The minimum atomic E-state index is -3.69. The number of hydrogen-bond donors (Lipinski definition) is 1. The summed E-state index contributed by atoms with van der Waals surface area (Å²) in [6, 6.07) is 12.2. The van der Waals surface area contributed by atoms with Gasteiger partial charge in [0.2, 0.25) is 15.9 Å². The lowest BCUT2D eigenvalue weighted by Gasteiger charge is -2.20. The average Bonchev–Trinajstić information content (AvgIpc) is 2.50. The Morgan fingerprint density at radius 2 is 1.79 bits per heavy atom. The largest absolute Gasteiger partial charge is 0.325 e. The fraction of sp³-hybridized carbons (Fsp3) is 0.188. The number of anilines is 1. The molecule has 0 fully saturated rings. The summed E-state index contributed by atoms with van der Waals surface area (Å²) in [6.07, 6.45) is 0.976. The number of carbonyl (C=O) groups is 1. The van der Waals surface area contributed by atoms with E-state index in [-0.39, 0.29) is 12.1 Å². The highest BCUT2D eigenvalue weighted by atomic mass is 35.5. The van der Waals surface area contributed by atoms with Crippen LogP contribution in [0.25, 0.3) is 0 Å². The van der Waals surface area contributed by atoms with Gasteiger partial charge in [-0.1, -0.05) is 29.8 Å². The molecule has 24 heavy (non-hydrogen) atoms. The Balaban J connectivity index is 2.10. The zero-order valence-corrected chi connectivity index (χ0v) is 14.4. The van der Waals surface area contributed by atoms with E-state index in [1.165, 1.54) is 18.2 Å². The van der Waals surface area contributed by atoms with Crippen molar-refractivity contribution in [3.8, 4) is 0 Å². The molecule has 0 spiro atoms. The second-order valence-corrected chi connectivity index (χ2v) is 7.60. The third kappa shape index (κ3) is 5.30. The quantitative estimate of drug-likeness (QED) is 0.850. The Bertz CT molecular complexity index is 825. The highest BCUT2D eigenvalue weighted by molar-refractivity contribution is 7.88. The second kappa shape index (κ2) is 7.74. The predicted octanol–water partition coefficient (Wildman–Crippen LogP) is 2.88. The molecule has 0 bridgehead atoms. The van der Waals surface area contributed by atoms with E-state index in [9.17, 15) is 17.6 Å². The van der Waals surface area contributed by atoms with Crippen LogP contribution in [-0.2, 0) is 21.4 Å². The smallest absolute Gasteiger partial charge is 0.239 e. The maximum Gasteiger partial charge on any atom is 0.239 e. The predicted molar refractivity (Wildman–Crippen MR) is 91.7 cm³/mol. The van der Waals surface area contributed by atoms with Crippen molar-refractivity contribution in [1.82, 2.24) is 4.31 Å². The lowest BCUT2D eigenvalue weighted by Crippen LogP contribution is -2.37. The lowest BCUT2D eigenvalue weighted by molar-refractivity contribution is -0.116. The van der Waals surface area contributed by atoms with Gasteiger partial charge < -0.3 is 5.32 Å². The summed E-state index contributed by atoms with van der Waals surface area (Å²) in [5.41, 5.74) is 0.686. The number of benzene rings is 2. The molecule has 0 unspecified atom stereocenters. The van der Waals surface area contributed by atoms with Crippen molar-refractivity contribution in [2.45, 2.75) is 6.54 Å². The molecule has 0 aliphatic heterocycles. The van der Waals surface area contributed by atoms with Crippen LogP contribution in [0, 0.1) is 5.82 Å². The minimum Gasteiger partial charge on any atom is -0.325 e. The van der Waals surface area contributed by atoms with Crippen molar-refractivity contribution in [3.05, 3.63) is 64.9 Å². The van der Waals surface area contributed by atoms with Crippen molar-refractivity contribution in [2.75, 3.05) is 18.1 Å². The van der Waals surface area contributed by atoms with Crippen LogP contribution in [-0.4, -0.2) is 31.4 Å². The third-order valence-corrected chi connectivity index (χ3v) is 4.67. The highest BCUT2D eigenvalue weighted by Gasteiger charge is 2.21. The summed E-state index contributed by atoms with van der Waals surface area (Å²) >= 11 is 5.76. The van der Waals surface area contributed by atoms with Gasteiger partial charge in [0, 0.05) is 22.8 Å². The Morgan fingerprint density at radius 1 is 1.17 bits per heavy atom. The second-order valence-electron chi connectivity index (χ2n) is 5.18. The van der Waals surface area contributed by atoms with Crippen molar-refractivity contribution in [1.29, 1.82) is 0 Å². The Hall–Kier alpha value is -1.96. The summed E-state index contributed by atoms with van der Waals surface area (Å²) in [4.78, 5) is 12.1. The molecule has 1 amide bonds. The van der Waals surface area contributed by atoms with Crippen LogP contribution in [0.3, 0.4) is 0 Å². The van der Waals surface area contributed by atoms with E-state index in [0.717, 1.165) is 10.6 Å². The SMILES string of the molecule is CS(=O)(=O)N(CC(=O)Nc1ccc(Cl)cc1)Cc1ccccc1F. The molecular weight excluding hydrogens is 355 g/mol. The van der Waals surface area contributed by atoms with E-state index in [1.54, 1.807) is 30.3 Å². The Labute approximate surface area is 145 Å². The first-order valence-electron chi connectivity index (χ1n) is 6.99. The molecule has 0 aliphatic carbocycles. The van der Waals surface area contributed by atoms with Crippen LogP contribution in [0.2, 0.25) is 5.02 Å². The minimum absolute atomic E-state index is 0.196. The Morgan fingerprint density at radius 3 is 2.38 bits per heavy atom. The van der Waals surface area contributed by atoms with Crippen molar-refractivity contribution in [2.24, 2.45) is 0 Å². The summed E-state index contributed by atoms with van der Waals surface area (Å²) in [5.74, 6) is -1.05. The van der Waals surface area contributed by atoms with E-state index in [0.29, 0.717) is 10.7 Å². The van der Waals surface area contributed by atoms with E-state index < -0.39 is 28.3 Å². The monoisotopic (exact) mass is 370 g/mol. The third-order valence-electron chi connectivity index (χ3n) is 3.22. The summed E-state index contributed by atoms with van der Waals surface area (Å²) in [6.45, 7) is -0.644. The summed E-state index contributed by atoms with van der Waals surface area (Å²) < 4.78 is 38.4. The maximum absolute atomic E-state index is 13.7. The van der Waals surface area contributed by atoms with Gasteiger partial charge in [-0.3, -0.25) is 4.79 Å². The number of amides is 1. The van der Waals surface area contributed by atoms with Crippen LogP contribution in [0.15, 0.2) is 48.5 Å². The van der Waals surface area contributed by atoms with Gasteiger partial charge in [-0.25, -0.2) is 12.8 Å². The number of hydrogen-bond acceptors (Lipinski definition) is 3. The molecular formula is C16H16ClFN2O3S. The number of sulfonamides is 1. The fourth-order valence-corrected chi connectivity index (χ4v) is 2.85. The standard InChI is InChI=1S/C16H16ClFN2O3S/c1-24(22,23)20(10-12-4-2-3-5-15(12)18)11-16(21)19-14-8-6-13(17)7-9-14/h2-9H,10-11H2,1H3,(H,19,21).